The Labute approximate surface area is 182 Å². The van der Waals surface area contributed by atoms with Gasteiger partial charge in [-0.1, -0.05) is 128 Å². The molecule has 1 rings (SSSR count). The molecule has 0 radical (unpaired) electrons. The first-order chi connectivity index (χ1) is 13.9. The number of hydrogen-bond acceptors (Lipinski definition) is 1. The van der Waals surface area contributed by atoms with Gasteiger partial charge in [0.15, 0.2) is 0 Å². The van der Waals surface area contributed by atoms with Gasteiger partial charge in [-0.15, -0.1) is 0 Å². The third-order valence-corrected chi connectivity index (χ3v) is 6.18. The van der Waals surface area contributed by atoms with Crippen molar-refractivity contribution >= 4 is 0 Å². The van der Waals surface area contributed by atoms with Crippen LogP contribution in [-0.2, 0) is 6.42 Å². The third kappa shape index (κ3) is 17.7. The molecule has 0 fully saturated rings. The first kappa shape index (κ1) is 28.1. The zero-order valence-electron chi connectivity index (χ0n) is 19.8. The summed E-state index contributed by atoms with van der Waals surface area (Å²) in [7, 11) is 0. The van der Waals surface area contributed by atoms with E-state index >= 15 is 0 Å². The van der Waals surface area contributed by atoms with Crippen LogP contribution in [0.4, 0.5) is 0 Å². The summed E-state index contributed by atoms with van der Waals surface area (Å²) in [5.74, 6) is 0. The van der Waals surface area contributed by atoms with Crippen LogP contribution in [0.3, 0.4) is 0 Å². The smallest absolute Gasteiger partial charge is 0.00190 e. The highest BCUT2D eigenvalue weighted by molar-refractivity contribution is 5.14. The summed E-state index contributed by atoms with van der Waals surface area (Å²) >= 11 is 0. The molecule has 0 saturated heterocycles. The summed E-state index contributed by atoms with van der Waals surface area (Å²) in [6.45, 7) is 8.28. The molecule has 0 heterocycles. The summed E-state index contributed by atoms with van der Waals surface area (Å²) < 4.78 is 0. The van der Waals surface area contributed by atoms with Crippen LogP contribution in [-0.4, -0.2) is 30.0 Å². The summed E-state index contributed by atoms with van der Waals surface area (Å²) in [5.41, 5.74) is 1.50. The van der Waals surface area contributed by atoms with E-state index in [0.29, 0.717) is 0 Å². The van der Waals surface area contributed by atoms with Gasteiger partial charge < -0.3 is 10.4 Å². The van der Waals surface area contributed by atoms with E-state index in [2.05, 4.69) is 49.1 Å². The van der Waals surface area contributed by atoms with Gasteiger partial charge in [-0.3, -0.25) is 0 Å². The quantitative estimate of drug-likeness (QED) is 0.206. The summed E-state index contributed by atoms with van der Waals surface area (Å²) in [4.78, 5) is 2.55. The molecule has 2 heteroatoms. The standard InChI is InChI=1S/C27H49N.H2O/c1-3-28(4-2)26-22-17-15-13-11-9-7-5-6-8-10-12-14-16-19-23-27-24-20-18-21-25-27;/h18,20-21,24-25H,3-17,19,22-23,26H2,1-2H3;1H2. The lowest BCUT2D eigenvalue weighted by Crippen LogP contribution is -2.23. The zero-order valence-corrected chi connectivity index (χ0v) is 19.8. The molecule has 0 aliphatic carbocycles. The minimum Gasteiger partial charge on any atom is -0.412 e. The van der Waals surface area contributed by atoms with Crippen LogP contribution in [0.15, 0.2) is 30.3 Å². The minimum absolute atomic E-state index is 0. The predicted molar refractivity (Wildman–Crippen MR) is 131 cm³/mol. The van der Waals surface area contributed by atoms with Gasteiger partial charge in [0.05, 0.1) is 0 Å². The van der Waals surface area contributed by atoms with Crippen LogP contribution in [0, 0.1) is 0 Å². The average Bonchev–Trinajstić information content (AvgIpc) is 2.74. The highest BCUT2D eigenvalue weighted by Gasteiger charge is 1.98. The molecule has 0 atom stereocenters. The molecule has 0 aromatic heterocycles. The molecule has 1 aromatic carbocycles. The first-order valence-corrected chi connectivity index (χ1v) is 12.6. The van der Waals surface area contributed by atoms with Crippen molar-refractivity contribution in [3.8, 4) is 0 Å². The molecule has 0 unspecified atom stereocenters. The van der Waals surface area contributed by atoms with Crippen molar-refractivity contribution in [2.45, 2.75) is 117 Å². The van der Waals surface area contributed by atoms with Gasteiger partial charge in [0, 0.05) is 0 Å². The van der Waals surface area contributed by atoms with Crippen molar-refractivity contribution in [3.63, 3.8) is 0 Å². The number of rotatable bonds is 20. The zero-order chi connectivity index (χ0) is 20.1. The molecule has 29 heavy (non-hydrogen) atoms. The van der Waals surface area contributed by atoms with Gasteiger partial charge in [-0.2, -0.15) is 0 Å². The highest BCUT2D eigenvalue weighted by Crippen LogP contribution is 2.14. The van der Waals surface area contributed by atoms with E-state index in [1.165, 1.54) is 128 Å². The van der Waals surface area contributed by atoms with Gasteiger partial charge >= 0.3 is 0 Å². The molecule has 0 amide bonds. The Bertz CT molecular complexity index is 416. The molecule has 0 aliphatic heterocycles. The molecule has 0 bridgehead atoms. The molecule has 2 N–H and O–H groups in total. The molecule has 2 nitrogen and oxygen atoms in total. The van der Waals surface area contributed by atoms with E-state index in [4.69, 9.17) is 0 Å². The molecule has 0 spiro atoms. The number of nitrogens with zero attached hydrogens (tertiary/aromatic N) is 1. The van der Waals surface area contributed by atoms with E-state index in [1.54, 1.807) is 0 Å². The van der Waals surface area contributed by atoms with Gasteiger partial charge in [0.25, 0.3) is 0 Å². The Morgan fingerprint density at radius 1 is 0.517 bits per heavy atom. The minimum atomic E-state index is 0. The van der Waals surface area contributed by atoms with Crippen LogP contribution in [0.1, 0.15) is 116 Å². The second-order valence-electron chi connectivity index (χ2n) is 8.57. The Kier molecular flexibility index (Phi) is 21.2. The SMILES string of the molecule is CCN(CC)CCCCCCCCCCCCCCCCCc1ccccc1.O. The number of aryl methyl sites for hydroxylation is 1. The monoisotopic (exact) mass is 405 g/mol. The van der Waals surface area contributed by atoms with E-state index < -0.39 is 0 Å². The maximum absolute atomic E-state index is 2.55. The van der Waals surface area contributed by atoms with Gasteiger partial charge in [0.2, 0.25) is 0 Å². The van der Waals surface area contributed by atoms with Crippen molar-refractivity contribution in [1.82, 2.24) is 4.90 Å². The number of unbranched alkanes of at least 4 members (excludes halogenated alkanes) is 14. The van der Waals surface area contributed by atoms with Crippen LogP contribution in [0.5, 0.6) is 0 Å². The third-order valence-electron chi connectivity index (χ3n) is 6.18. The molecule has 0 saturated carbocycles. The summed E-state index contributed by atoms with van der Waals surface area (Å²) in [5, 5.41) is 0. The summed E-state index contributed by atoms with van der Waals surface area (Å²) in [6.07, 6.45) is 22.9. The molecular weight excluding hydrogens is 354 g/mol. The fourth-order valence-electron chi connectivity index (χ4n) is 4.15. The van der Waals surface area contributed by atoms with Gasteiger partial charge in [-0.25, -0.2) is 0 Å². The van der Waals surface area contributed by atoms with E-state index in [9.17, 15) is 0 Å². The molecular formula is C27H51NO. The topological polar surface area (TPSA) is 34.7 Å². The maximum Gasteiger partial charge on any atom is -0.00190 e. The van der Waals surface area contributed by atoms with Crippen molar-refractivity contribution < 1.29 is 5.48 Å². The van der Waals surface area contributed by atoms with E-state index in [1.807, 2.05) is 0 Å². The van der Waals surface area contributed by atoms with Gasteiger partial charge in [0.1, 0.15) is 0 Å². The largest absolute Gasteiger partial charge is 0.412 e. The Morgan fingerprint density at radius 3 is 1.31 bits per heavy atom. The average molecular weight is 406 g/mol. The van der Waals surface area contributed by atoms with Crippen LogP contribution < -0.4 is 0 Å². The van der Waals surface area contributed by atoms with E-state index in [-0.39, 0.29) is 5.48 Å². The van der Waals surface area contributed by atoms with Crippen molar-refractivity contribution in [2.24, 2.45) is 0 Å². The Hall–Kier alpha value is -0.860. The van der Waals surface area contributed by atoms with Crippen LogP contribution in [0.2, 0.25) is 0 Å². The maximum atomic E-state index is 2.55. The first-order valence-electron chi connectivity index (χ1n) is 12.6. The number of benzene rings is 1. The molecule has 1 aromatic rings. The molecule has 0 aliphatic rings. The van der Waals surface area contributed by atoms with Gasteiger partial charge in [-0.05, 0) is 44.5 Å². The van der Waals surface area contributed by atoms with Crippen molar-refractivity contribution in [3.05, 3.63) is 35.9 Å². The lowest BCUT2D eigenvalue weighted by molar-refractivity contribution is 0.295. The lowest BCUT2D eigenvalue weighted by atomic mass is 10.0. The Balaban J connectivity index is 0.00000784. The molecule has 170 valence electrons. The van der Waals surface area contributed by atoms with E-state index in [0.717, 1.165) is 0 Å². The van der Waals surface area contributed by atoms with Crippen LogP contribution >= 0.6 is 0 Å². The second kappa shape index (κ2) is 21.8. The second-order valence-corrected chi connectivity index (χ2v) is 8.57. The Morgan fingerprint density at radius 2 is 0.897 bits per heavy atom. The van der Waals surface area contributed by atoms with Crippen molar-refractivity contribution in [2.75, 3.05) is 19.6 Å². The fraction of sp³-hybridized carbons (Fsp3) is 0.778. The lowest BCUT2D eigenvalue weighted by Gasteiger charge is -2.17. The highest BCUT2D eigenvalue weighted by atomic mass is 16.0. The fourth-order valence-corrected chi connectivity index (χ4v) is 4.15. The number of hydrogen-bond donors (Lipinski definition) is 0. The normalized spacial score (nSPS) is 11.0. The summed E-state index contributed by atoms with van der Waals surface area (Å²) in [6, 6.07) is 10.9. The van der Waals surface area contributed by atoms with Crippen LogP contribution in [0.25, 0.3) is 0 Å². The predicted octanol–water partition coefficient (Wildman–Crippen LogP) is 7.60. The van der Waals surface area contributed by atoms with Crippen molar-refractivity contribution in [1.29, 1.82) is 0 Å².